The molecule has 1 heterocycles. The summed E-state index contributed by atoms with van der Waals surface area (Å²) in [5.74, 6) is 1.70. The van der Waals surface area contributed by atoms with Crippen molar-refractivity contribution in [3.63, 3.8) is 0 Å². The van der Waals surface area contributed by atoms with Crippen molar-refractivity contribution in [3.05, 3.63) is 16.0 Å². The highest BCUT2D eigenvalue weighted by Crippen LogP contribution is 2.13. The first-order valence-electron chi connectivity index (χ1n) is 3.49. The lowest BCUT2D eigenvalue weighted by Gasteiger charge is -1.96. The third kappa shape index (κ3) is 3.91. The maximum atomic E-state index is 5.54. The molecule has 1 aromatic rings. The summed E-state index contributed by atoms with van der Waals surface area (Å²) < 4.78 is 1.06. The number of hydrogen-bond acceptors (Lipinski definition) is 3. The summed E-state index contributed by atoms with van der Waals surface area (Å²) in [6.45, 7) is 0. The van der Waals surface area contributed by atoms with Crippen molar-refractivity contribution in [2.24, 2.45) is 0 Å². The van der Waals surface area contributed by atoms with E-state index in [0.717, 1.165) is 20.9 Å². The molecule has 0 unspecified atom stereocenters. The summed E-state index contributed by atoms with van der Waals surface area (Å²) in [6.07, 6.45) is 4.63. The topological polar surface area (TPSA) is 25.8 Å². The minimum atomic E-state index is 0.706. The predicted molar refractivity (Wildman–Crippen MR) is 60.8 cm³/mol. The number of rotatable bonds is 4. The van der Waals surface area contributed by atoms with Crippen LogP contribution in [0.1, 0.15) is 6.42 Å². The zero-order valence-electron chi connectivity index (χ0n) is 6.33. The van der Waals surface area contributed by atoms with Crippen LogP contribution in [0.25, 0.3) is 0 Å². The highest BCUT2D eigenvalue weighted by Gasteiger charge is 1.95. The number of thioether (sulfide) groups is 1. The first-order chi connectivity index (χ1) is 5.83. The number of nitrogens with zero attached hydrogens (tertiary/aromatic N) is 2. The van der Waals surface area contributed by atoms with E-state index in [2.05, 4.69) is 32.6 Å². The smallest absolute Gasteiger partial charge is 0.187 e. The molecule has 0 atom stereocenters. The van der Waals surface area contributed by atoms with Crippen molar-refractivity contribution in [1.82, 2.24) is 9.97 Å². The average molecular weight is 315 g/mol. The van der Waals surface area contributed by atoms with Gasteiger partial charge in [-0.2, -0.15) is 0 Å². The molecule has 0 aliphatic carbocycles. The first-order valence-corrected chi connectivity index (χ1v) is 6.09. The van der Waals surface area contributed by atoms with E-state index in [-0.39, 0.29) is 0 Å². The highest BCUT2D eigenvalue weighted by molar-refractivity contribution is 14.1. The van der Waals surface area contributed by atoms with Gasteiger partial charge in [0.2, 0.25) is 0 Å². The molecule has 0 aromatic carbocycles. The molecule has 5 heteroatoms. The molecule has 0 saturated carbocycles. The fourth-order valence-corrected chi connectivity index (χ4v) is 1.89. The molecule has 0 spiro atoms. The third-order valence-corrected chi connectivity index (χ3v) is 2.89. The number of alkyl halides is 1. The van der Waals surface area contributed by atoms with Gasteiger partial charge >= 0.3 is 0 Å². The molecule has 0 amide bonds. The van der Waals surface area contributed by atoms with Crippen molar-refractivity contribution < 1.29 is 0 Å². The second-order valence-corrected chi connectivity index (χ2v) is 4.76. The van der Waals surface area contributed by atoms with Gasteiger partial charge in [-0.1, -0.05) is 11.8 Å². The van der Waals surface area contributed by atoms with E-state index in [0.29, 0.717) is 5.88 Å². The predicted octanol–water partition coefficient (Wildman–Crippen LogP) is 2.80. The van der Waals surface area contributed by atoms with Crippen molar-refractivity contribution in [2.45, 2.75) is 11.6 Å². The van der Waals surface area contributed by atoms with E-state index >= 15 is 0 Å². The lowest BCUT2D eigenvalue weighted by Crippen LogP contribution is -1.88. The molecular weight excluding hydrogens is 307 g/mol. The van der Waals surface area contributed by atoms with Gasteiger partial charge in [0.05, 0.1) is 0 Å². The van der Waals surface area contributed by atoms with Crippen LogP contribution in [0.15, 0.2) is 17.6 Å². The Morgan fingerprint density at radius 1 is 1.42 bits per heavy atom. The monoisotopic (exact) mass is 314 g/mol. The summed E-state index contributed by atoms with van der Waals surface area (Å²) in [5.41, 5.74) is 0. The molecule has 0 aliphatic rings. The molecule has 0 saturated heterocycles. The summed E-state index contributed by atoms with van der Waals surface area (Å²) in [7, 11) is 0. The van der Waals surface area contributed by atoms with E-state index in [1.54, 1.807) is 11.8 Å². The first kappa shape index (κ1) is 10.5. The molecule has 0 N–H and O–H groups in total. The molecule has 12 heavy (non-hydrogen) atoms. The second kappa shape index (κ2) is 5.99. The second-order valence-electron chi connectivity index (χ2n) is 2.07. The van der Waals surface area contributed by atoms with E-state index in [4.69, 9.17) is 11.6 Å². The van der Waals surface area contributed by atoms with Crippen LogP contribution in [0.4, 0.5) is 0 Å². The lowest BCUT2D eigenvalue weighted by atomic mass is 10.6. The average Bonchev–Trinajstić information content (AvgIpc) is 2.09. The Balaban J connectivity index is 2.37. The third-order valence-electron chi connectivity index (χ3n) is 1.11. The van der Waals surface area contributed by atoms with Crippen LogP contribution in [0.3, 0.4) is 0 Å². The van der Waals surface area contributed by atoms with E-state index in [1.165, 1.54) is 0 Å². The zero-order valence-corrected chi connectivity index (χ0v) is 10.1. The summed E-state index contributed by atoms with van der Waals surface area (Å²) in [4.78, 5) is 8.30. The Hall–Kier alpha value is 0.450. The molecule has 0 aliphatic heterocycles. The van der Waals surface area contributed by atoms with E-state index in [9.17, 15) is 0 Å². The van der Waals surface area contributed by atoms with Crippen LogP contribution in [0.5, 0.6) is 0 Å². The highest BCUT2D eigenvalue weighted by atomic mass is 127. The minimum absolute atomic E-state index is 0.706. The maximum Gasteiger partial charge on any atom is 0.187 e. The zero-order chi connectivity index (χ0) is 8.81. The Morgan fingerprint density at radius 3 is 2.67 bits per heavy atom. The standard InChI is InChI=1S/C7H8ClIN2S/c8-2-1-3-12-7-10-4-6(9)5-11-7/h4-5H,1-3H2. The van der Waals surface area contributed by atoms with Crippen LogP contribution in [0.2, 0.25) is 0 Å². The fraction of sp³-hybridized carbons (Fsp3) is 0.429. The molecule has 0 bridgehead atoms. The molecule has 1 aromatic heterocycles. The summed E-state index contributed by atoms with van der Waals surface area (Å²) in [6, 6.07) is 0. The van der Waals surface area contributed by atoms with Crippen molar-refractivity contribution >= 4 is 46.0 Å². The Labute approximate surface area is 94.7 Å². The number of halogens is 2. The van der Waals surface area contributed by atoms with Crippen LogP contribution >= 0.6 is 46.0 Å². The maximum absolute atomic E-state index is 5.54. The Morgan fingerprint density at radius 2 is 2.08 bits per heavy atom. The van der Waals surface area contributed by atoms with Gasteiger partial charge in [0, 0.05) is 27.6 Å². The Kier molecular flexibility index (Phi) is 5.25. The van der Waals surface area contributed by atoms with Gasteiger partial charge in [0.15, 0.2) is 5.16 Å². The van der Waals surface area contributed by atoms with Crippen molar-refractivity contribution in [3.8, 4) is 0 Å². The molecule has 0 fully saturated rings. The fourth-order valence-electron chi connectivity index (χ4n) is 0.593. The van der Waals surface area contributed by atoms with E-state index < -0.39 is 0 Å². The van der Waals surface area contributed by atoms with Crippen LogP contribution in [-0.4, -0.2) is 21.6 Å². The quantitative estimate of drug-likeness (QED) is 0.281. The SMILES string of the molecule is ClCCCSc1ncc(I)cn1. The van der Waals surface area contributed by atoms with Crippen LogP contribution in [0, 0.1) is 3.57 Å². The van der Waals surface area contributed by atoms with E-state index in [1.807, 2.05) is 12.4 Å². The minimum Gasteiger partial charge on any atom is -0.230 e. The molecule has 2 nitrogen and oxygen atoms in total. The largest absolute Gasteiger partial charge is 0.230 e. The normalized spacial score (nSPS) is 10.2. The van der Waals surface area contributed by atoms with Crippen LogP contribution < -0.4 is 0 Å². The van der Waals surface area contributed by atoms with Gasteiger partial charge in [-0.05, 0) is 29.0 Å². The van der Waals surface area contributed by atoms with Gasteiger partial charge in [-0.15, -0.1) is 11.6 Å². The van der Waals surface area contributed by atoms with Gasteiger partial charge in [-0.3, -0.25) is 0 Å². The number of hydrogen-bond donors (Lipinski definition) is 0. The number of aromatic nitrogens is 2. The molecule has 0 radical (unpaired) electrons. The molecule has 66 valence electrons. The summed E-state index contributed by atoms with van der Waals surface area (Å²) in [5, 5.41) is 0.834. The van der Waals surface area contributed by atoms with Gasteiger partial charge in [0.25, 0.3) is 0 Å². The van der Waals surface area contributed by atoms with Gasteiger partial charge in [0.1, 0.15) is 0 Å². The Bertz CT molecular complexity index is 229. The summed E-state index contributed by atoms with van der Waals surface area (Å²) >= 11 is 9.37. The van der Waals surface area contributed by atoms with Crippen molar-refractivity contribution in [2.75, 3.05) is 11.6 Å². The molecule has 1 rings (SSSR count). The van der Waals surface area contributed by atoms with Crippen LogP contribution in [-0.2, 0) is 0 Å². The van der Waals surface area contributed by atoms with Gasteiger partial charge in [-0.25, -0.2) is 9.97 Å². The lowest BCUT2D eigenvalue weighted by molar-refractivity contribution is 0.953. The van der Waals surface area contributed by atoms with Crippen molar-refractivity contribution in [1.29, 1.82) is 0 Å². The van der Waals surface area contributed by atoms with Gasteiger partial charge < -0.3 is 0 Å². The molecular formula is C7H8ClIN2S.